The minimum atomic E-state index is -0.0543. The maximum absolute atomic E-state index is 12.2. The summed E-state index contributed by atoms with van der Waals surface area (Å²) in [4.78, 5) is 22.7. The number of hydrogen-bond acceptors (Lipinski definition) is 6. The van der Waals surface area contributed by atoms with E-state index in [1.54, 1.807) is 11.8 Å². The summed E-state index contributed by atoms with van der Waals surface area (Å²) in [5.41, 5.74) is 4.10. The molecule has 0 aliphatic rings. The molecular weight excluding hydrogens is 354 g/mol. The lowest BCUT2D eigenvalue weighted by Crippen LogP contribution is -2.22. The van der Waals surface area contributed by atoms with Crippen LogP contribution in [0.5, 0.6) is 0 Å². The number of amides is 1. The van der Waals surface area contributed by atoms with Crippen molar-refractivity contribution in [2.24, 2.45) is 0 Å². The van der Waals surface area contributed by atoms with Crippen LogP contribution in [0.15, 0.2) is 28.7 Å². The van der Waals surface area contributed by atoms with Gasteiger partial charge in [0.15, 0.2) is 5.13 Å². The molecule has 0 unspecified atom stereocenters. The second-order valence-electron chi connectivity index (χ2n) is 5.74. The highest BCUT2D eigenvalue weighted by Crippen LogP contribution is 2.31. The largest absolute Gasteiger partial charge is 0.274 e. The highest BCUT2D eigenvalue weighted by molar-refractivity contribution is 7.98. The number of carbonyl (C=O) groups excluding carboxylic acids is 1. The molecule has 0 aliphatic heterocycles. The topological polar surface area (TPSA) is 74.8 Å². The third-order valence-electron chi connectivity index (χ3n) is 3.72. The Hall–Kier alpha value is -2.19. The van der Waals surface area contributed by atoms with Gasteiger partial charge in [-0.2, -0.15) is 0 Å². The first-order chi connectivity index (χ1) is 11.9. The lowest BCUT2D eigenvalue weighted by molar-refractivity contribution is -0.115. The molecule has 1 amide bonds. The third kappa shape index (κ3) is 4.08. The molecule has 0 fully saturated rings. The van der Waals surface area contributed by atoms with Gasteiger partial charge in [-0.3, -0.25) is 14.8 Å². The summed E-state index contributed by atoms with van der Waals surface area (Å²) in [5.74, 6) is 1.40. The predicted molar refractivity (Wildman–Crippen MR) is 102 cm³/mol. The molecule has 8 heteroatoms. The number of nitrogens with one attached hydrogen (secondary N) is 1. The van der Waals surface area contributed by atoms with E-state index in [1.807, 2.05) is 37.4 Å². The maximum Gasteiger partial charge on any atom is 0.230 e. The molecule has 0 atom stereocenters. The summed E-state index contributed by atoms with van der Waals surface area (Å²) in [6, 6.07) is 6.00. The van der Waals surface area contributed by atoms with E-state index in [1.165, 1.54) is 28.7 Å². The monoisotopic (exact) mass is 373 g/mol. The second-order valence-corrected chi connectivity index (χ2v) is 7.52. The van der Waals surface area contributed by atoms with Gasteiger partial charge in [-0.15, -0.1) is 16.4 Å². The molecule has 3 rings (SSSR count). The Morgan fingerprint density at radius 3 is 2.68 bits per heavy atom. The number of benzene rings is 1. The fraction of sp³-hybridized carbons (Fsp3) is 0.294. The molecule has 2 aromatic heterocycles. The van der Waals surface area contributed by atoms with E-state index in [4.69, 9.17) is 0 Å². The number of rotatable bonds is 5. The van der Waals surface area contributed by atoms with Crippen molar-refractivity contribution in [2.75, 3.05) is 4.90 Å². The van der Waals surface area contributed by atoms with Crippen molar-refractivity contribution < 1.29 is 4.79 Å². The van der Waals surface area contributed by atoms with Gasteiger partial charge >= 0.3 is 0 Å². The lowest BCUT2D eigenvalue weighted by Gasteiger charge is -2.19. The molecule has 0 aliphatic carbocycles. The van der Waals surface area contributed by atoms with Crippen LogP contribution in [0.2, 0.25) is 0 Å². The van der Waals surface area contributed by atoms with Gasteiger partial charge in [0.1, 0.15) is 5.82 Å². The van der Waals surface area contributed by atoms with Crippen LogP contribution in [0.1, 0.15) is 29.6 Å². The Morgan fingerprint density at radius 2 is 2.04 bits per heavy atom. The van der Waals surface area contributed by atoms with E-state index >= 15 is 0 Å². The maximum atomic E-state index is 12.2. The zero-order valence-electron chi connectivity index (χ0n) is 14.5. The van der Waals surface area contributed by atoms with Gasteiger partial charge in [-0.1, -0.05) is 17.8 Å². The molecule has 1 N–H and O–H groups in total. The van der Waals surface area contributed by atoms with Crippen molar-refractivity contribution >= 4 is 39.8 Å². The number of carbonyl (C=O) groups is 1. The average Bonchev–Trinajstić information content (AvgIpc) is 3.18. The summed E-state index contributed by atoms with van der Waals surface area (Å²) >= 11 is 2.98. The standard InChI is InChI=1S/C17H19N5OS2/c1-10-5-6-15(7-11(10)2)22(13(4)23)17-19-14(9-25-17)8-24-16-18-12(3)20-21-16/h5-7,9H,8H2,1-4H3,(H,18,20,21). The van der Waals surface area contributed by atoms with Crippen LogP contribution < -0.4 is 4.90 Å². The van der Waals surface area contributed by atoms with Gasteiger partial charge in [0.2, 0.25) is 11.1 Å². The van der Waals surface area contributed by atoms with Gasteiger partial charge in [0.25, 0.3) is 0 Å². The Labute approximate surface area is 154 Å². The molecule has 6 nitrogen and oxygen atoms in total. The van der Waals surface area contributed by atoms with E-state index in [2.05, 4.69) is 27.1 Å². The van der Waals surface area contributed by atoms with Gasteiger partial charge in [0.05, 0.1) is 11.4 Å². The molecule has 25 heavy (non-hydrogen) atoms. The van der Waals surface area contributed by atoms with Crippen LogP contribution in [0, 0.1) is 20.8 Å². The Kier molecular flexibility index (Phi) is 5.19. The summed E-state index contributed by atoms with van der Waals surface area (Å²) in [5, 5.41) is 10.3. The zero-order valence-corrected chi connectivity index (χ0v) is 16.2. The summed E-state index contributed by atoms with van der Waals surface area (Å²) < 4.78 is 0. The average molecular weight is 374 g/mol. The second kappa shape index (κ2) is 7.37. The van der Waals surface area contributed by atoms with Gasteiger partial charge in [-0.25, -0.2) is 9.97 Å². The molecule has 0 bridgehead atoms. The molecule has 0 radical (unpaired) electrons. The SMILES string of the molecule is CC(=O)N(c1ccc(C)c(C)c1)c1nc(CSc2n[nH]c(C)n2)cs1. The number of H-pyrrole nitrogens is 1. The van der Waals surface area contributed by atoms with Gasteiger partial charge in [-0.05, 0) is 44.0 Å². The molecule has 2 heterocycles. The van der Waals surface area contributed by atoms with Crippen LogP contribution in [-0.4, -0.2) is 26.1 Å². The zero-order chi connectivity index (χ0) is 18.0. The molecular formula is C17H19N5OS2. The van der Waals surface area contributed by atoms with E-state index in [9.17, 15) is 4.79 Å². The number of thioether (sulfide) groups is 1. The Bertz CT molecular complexity index is 902. The number of thiazole rings is 1. The van der Waals surface area contributed by atoms with Crippen molar-refractivity contribution in [2.45, 2.75) is 38.6 Å². The van der Waals surface area contributed by atoms with Crippen LogP contribution in [0.4, 0.5) is 10.8 Å². The number of hydrogen-bond donors (Lipinski definition) is 1. The first-order valence-electron chi connectivity index (χ1n) is 7.78. The van der Waals surface area contributed by atoms with Crippen LogP contribution >= 0.6 is 23.1 Å². The molecule has 1 aromatic carbocycles. The normalized spacial score (nSPS) is 10.9. The summed E-state index contributed by atoms with van der Waals surface area (Å²) in [7, 11) is 0. The first-order valence-corrected chi connectivity index (χ1v) is 9.64. The molecule has 0 saturated heterocycles. The minimum Gasteiger partial charge on any atom is -0.274 e. The van der Waals surface area contributed by atoms with Crippen LogP contribution in [0.25, 0.3) is 0 Å². The van der Waals surface area contributed by atoms with E-state index in [0.717, 1.165) is 22.8 Å². The fourth-order valence-electron chi connectivity index (χ4n) is 2.28. The van der Waals surface area contributed by atoms with Crippen molar-refractivity contribution in [3.63, 3.8) is 0 Å². The predicted octanol–water partition coefficient (Wildman–Crippen LogP) is 4.16. The van der Waals surface area contributed by atoms with E-state index in [0.29, 0.717) is 16.0 Å². The summed E-state index contributed by atoms with van der Waals surface area (Å²) in [6.45, 7) is 7.52. The van der Waals surface area contributed by atoms with E-state index < -0.39 is 0 Å². The smallest absolute Gasteiger partial charge is 0.230 e. The van der Waals surface area contributed by atoms with E-state index in [-0.39, 0.29) is 5.91 Å². The third-order valence-corrected chi connectivity index (χ3v) is 5.48. The number of aromatic amines is 1. The first kappa shape index (κ1) is 17.6. The Morgan fingerprint density at radius 1 is 1.24 bits per heavy atom. The molecule has 3 aromatic rings. The Balaban J connectivity index is 1.79. The van der Waals surface area contributed by atoms with Gasteiger partial charge in [0, 0.05) is 18.1 Å². The number of aromatic nitrogens is 4. The number of anilines is 2. The van der Waals surface area contributed by atoms with Crippen LogP contribution in [0.3, 0.4) is 0 Å². The minimum absolute atomic E-state index is 0.0543. The quantitative estimate of drug-likeness (QED) is 0.680. The van der Waals surface area contributed by atoms with Crippen molar-refractivity contribution in [1.29, 1.82) is 0 Å². The molecule has 130 valence electrons. The number of nitrogens with zero attached hydrogens (tertiary/aromatic N) is 4. The lowest BCUT2D eigenvalue weighted by atomic mass is 10.1. The van der Waals surface area contributed by atoms with Crippen LogP contribution in [-0.2, 0) is 10.5 Å². The number of aryl methyl sites for hydroxylation is 3. The van der Waals surface area contributed by atoms with Crippen molar-refractivity contribution in [1.82, 2.24) is 20.2 Å². The molecule has 0 saturated carbocycles. The summed E-state index contributed by atoms with van der Waals surface area (Å²) in [6.07, 6.45) is 0. The highest BCUT2D eigenvalue weighted by Gasteiger charge is 2.18. The molecule has 0 spiro atoms. The highest BCUT2D eigenvalue weighted by atomic mass is 32.2. The van der Waals surface area contributed by atoms with Crippen molar-refractivity contribution in [3.8, 4) is 0 Å². The fourth-order valence-corrected chi connectivity index (χ4v) is 4.01. The van der Waals surface area contributed by atoms with Crippen molar-refractivity contribution in [3.05, 3.63) is 46.2 Å². The van der Waals surface area contributed by atoms with Gasteiger partial charge < -0.3 is 0 Å².